The van der Waals surface area contributed by atoms with Gasteiger partial charge >= 0.3 is 0 Å². The van der Waals surface area contributed by atoms with Gasteiger partial charge in [0.25, 0.3) is 11.8 Å². The third-order valence-electron chi connectivity index (χ3n) is 5.64. The molecule has 9 heteroatoms. The number of piperidine rings is 1. The second-order valence-corrected chi connectivity index (χ2v) is 7.37. The van der Waals surface area contributed by atoms with Gasteiger partial charge in [0.15, 0.2) is 5.82 Å². The summed E-state index contributed by atoms with van der Waals surface area (Å²) in [6.07, 6.45) is 8.90. The Morgan fingerprint density at radius 1 is 1.28 bits per heavy atom. The number of hydrogen-bond acceptors (Lipinski definition) is 7. The average molecular weight is 396 g/mol. The number of carbonyl (C=O) groups is 1. The number of imidazole rings is 1. The number of likely N-dealkylation sites (tertiary alicyclic amines) is 1. The molecule has 0 aliphatic carbocycles. The van der Waals surface area contributed by atoms with Gasteiger partial charge in [-0.2, -0.15) is 4.98 Å². The molecule has 0 N–H and O–H groups in total. The summed E-state index contributed by atoms with van der Waals surface area (Å²) >= 11 is 0. The van der Waals surface area contributed by atoms with Gasteiger partial charge in [0, 0.05) is 51.7 Å². The number of amides is 1. The maximum absolute atomic E-state index is 12.8. The Labute approximate surface area is 168 Å². The van der Waals surface area contributed by atoms with Crippen LogP contribution in [-0.2, 0) is 17.2 Å². The number of pyridine rings is 1. The van der Waals surface area contributed by atoms with Crippen molar-refractivity contribution in [3.63, 3.8) is 0 Å². The summed E-state index contributed by atoms with van der Waals surface area (Å²) in [4.78, 5) is 27.5. The number of aryl methyl sites for hydroxylation is 1. The standard InChI is InChI=1S/C20H24N6O3/c1-25-14-22-13-16(25)18(27)26-9-5-20(6-10-26,7-11-28-2)19-23-17(29-24-19)15-4-3-8-21-12-15/h3-4,8,12-14H,5-7,9-11H2,1-2H3. The quantitative estimate of drug-likeness (QED) is 0.629. The van der Waals surface area contributed by atoms with E-state index >= 15 is 0 Å². The summed E-state index contributed by atoms with van der Waals surface area (Å²) in [5, 5.41) is 4.29. The van der Waals surface area contributed by atoms with Crippen molar-refractivity contribution in [1.82, 2.24) is 29.6 Å². The van der Waals surface area contributed by atoms with Crippen LogP contribution >= 0.6 is 0 Å². The van der Waals surface area contributed by atoms with E-state index in [9.17, 15) is 4.79 Å². The van der Waals surface area contributed by atoms with Crippen molar-refractivity contribution in [2.45, 2.75) is 24.7 Å². The molecule has 1 fully saturated rings. The zero-order valence-electron chi connectivity index (χ0n) is 16.6. The van der Waals surface area contributed by atoms with Crippen molar-refractivity contribution >= 4 is 5.91 Å². The van der Waals surface area contributed by atoms with Crippen molar-refractivity contribution in [2.75, 3.05) is 26.8 Å². The highest BCUT2D eigenvalue weighted by atomic mass is 16.5. The Kier molecular flexibility index (Phi) is 5.39. The van der Waals surface area contributed by atoms with Crippen LogP contribution in [0.25, 0.3) is 11.5 Å². The molecule has 0 atom stereocenters. The van der Waals surface area contributed by atoms with Gasteiger partial charge in [0.1, 0.15) is 5.69 Å². The molecule has 0 spiro atoms. The smallest absolute Gasteiger partial charge is 0.272 e. The highest BCUT2D eigenvalue weighted by molar-refractivity contribution is 5.92. The van der Waals surface area contributed by atoms with Gasteiger partial charge in [0.2, 0.25) is 0 Å². The highest BCUT2D eigenvalue weighted by Gasteiger charge is 2.41. The molecule has 29 heavy (non-hydrogen) atoms. The Morgan fingerprint density at radius 2 is 2.10 bits per heavy atom. The van der Waals surface area contributed by atoms with Gasteiger partial charge in [-0.1, -0.05) is 5.16 Å². The number of rotatable bonds is 6. The predicted molar refractivity (Wildman–Crippen MR) is 104 cm³/mol. The zero-order valence-corrected chi connectivity index (χ0v) is 16.6. The molecule has 0 radical (unpaired) electrons. The second kappa shape index (κ2) is 8.12. The van der Waals surface area contributed by atoms with E-state index in [0.29, 0.717) is 37.1 Å². The number of hydrogen-bond donors (Lipinski definition) is 0. The van der Waals surface area contributed by atoms with Crippen LogP contribution in [0.15, 0.2) is 41.6 Å². The van der Waals surface area contributed by atoms with E-state index in [2.05, 4.69) is 20.1 Å². The monoisotopic (exact) mass is 396 g/mol. The minimum Gasteiger partial charge on any atom is -0.385 e. The molecule has 152 valence electrons. The van der Waals surface area contributed by atoms with E-state index in [1.54, 1.807) is 36.6 Å². The Morgan fingerprint density at radius 3 is 2.76 bits per heavy atom. The minimum absolute atomic E-state index is 0.00509. The lowest BCUT2D eigenvalue weighted by atomic mass is 9.75. The average Bonchev–Trinajstić information content (AvgIpc) is 3.42. The van der Waals surface area contributed by atoms with Crippen LogP contribution in [-0.4, -0.2) is 62.3 Å². The SMILES string of the molecule is COCCC1(c2noc(-c3cccnc3)n2)CCN(C(=O)c2cncn2C)CC1. The molecule has 0 bridgehead atoms. The number of nitrogens with zero attached hydrogens (tertiary/aromatic N) is 6. The second-order valence-electron chi connectivity index (χ2n) is 7.37. The third-order valence-corrected chi connectivity index (χ3v) is 5.64. The van der Waals surface area contributed by atoms with Gasteiger partial charge in [-0.05, 0) is 31.4 Å². The van der Waals surface area contributed by atoms with E-state index in [-0.39, 0.29) is 11.3 Å². The zero-order chi connectivity index (χ0) is 20.3. The normalized spacial score (nSPS) is 16.1. The first-order chi connectivity index (χ1) is 14.1. The fourth-order valence-corrected chi connectivity index (χ4v) is 3.79. The highest BCUT2D eigenvalue weighted by Crippen LogP contribution is 2.38. The minimum atomic E-state index is -0.288. The lowest BCUT2D eigenvalue weighted by Crippen LogP contribution is -2.46. The summed E-state index contributed by atoms with van der Waals surface area (Å²) in [7, 11) is 3.51. The van der Waals surface area contributed by atoms with Crippen LogP contribution in [0.5, 0.6) is 0 Å². The summed E-state index contributed by atoms with van der Waals surface area (Å²) in [5.74, 6) is 1.12. The molecule has 0 unspecified atom stereocenters. The molecule has 4 heterocycles. The van der Waals surface area contributed by atoms with E-state index in [4.69, 9.17) is 9.26 Å². The number of aromatic nitrogens is 5. The molecule has 4 rings (SSSR count). The molecule has 1 saturated heterocycles. The van der Waals surface area contributed by atoms with Crippen LogP contribution in [0, 0.1) is 0 Å². The fraction of sp³-hybridized carbons (Fsp3) is 0.450. The van der Waals surface area contributed by atoms with Gasteiger partial charge < -0.3 is 18.7 Å². The van der Waals surface area contributed by atoms with Crippen molar-refractivity contribution in [1.29, 1.82) is 0 Å². The van der Waals surface area contributed by atoms with E-state index in [1.807, 2.05) is 24.1 Å². The van der Waals surface area contributed by atoms with Crippen LogP contribution in [0.3, 0.4) is 0 Å². The van der Waals surface area contributed by atoms with Crippen molar-refractivity contribution < 1.29 is 14.1 Å². The van der Waals surface area contributed by atoms with Crippen molar-refractivity contribution in [2.24, 2.45) is 7.05 Å². The number of ether oxygens (including phenoxy) is 1. The van der Waals surface area contributed by atoms with Gasteiger partial charge in [-0.25, -0.2) is 4.98 Å². The number of methoxy groups -OCH3 is 1. The molecule has 0 aromatic carbocycles. The molecule has 1 aliphatic heterocycles. The van der Waals surface area contributed by atoms with E-state index in [1.165, 1.54) is 0 Å². The molecule has 0 saturated carbocycles. The predicted octanol–water partition coefficient (Wildman–Crippen LogP) is 2.08. The summed E-state index contributed by atoms with van der Waals surface area (Å²) in [5.41, 5.74) is 1.09. The lowest BCUT2D eigenvalue weighted by molar-refractivity contribution is 0.0607. The molecule has 1 amide bonds. The van der Waals surface area contributed by atoms with Crippen LogP contribution in [0.2, 0.25) is 0 Å². The topological polar surface area (TPSA) is 99.2 Å². The summed E-state index contributed by atoms with van der Waals surface area (Å²) in [6, 6.07) is 3.73. The van der Waals surface area contributed by atoms with E-state index < -0.39 is 0 Å². The van der Waals surface area contributed by atoms with Crippen LogP contribution in [0.4, 0.5) is 0 Å². The summed E-state index contributed by atoms with van der Waals surface area (Å²) < 4.78 is 12.6. The first-order valence-corrected chi connectivity index (χ1v) is 9.62. The van der Waals surface area contributed by atoms with E-state index in [0.717, 1.165) is 24.8 Å². The first kappa shape index (κ1) is 19.3. The van der Waals surface area contributed by atoms with Gasteiger partial charge in [0.05, 0.1) is 18.1 Å². The molecule has 3 aromatic rings. The Hall–Kier alpha value is -3.07. The molecule has 1 aliphatic rings. The first-order valence-electron chi connectivity index (χ1n) is 9.62. The van der Waals surface area contributed by atoms with Crippen molar-refractivity contribution in [3.05, 3.63) is 48.6 Å². The molecular formula is C20H24N6O3. The van der Waals surface area contributed by atoms with Gasteiger partial charge in [-0.3, -0.25) is 9.78 Å². The molecule has 9 nitrogen and oxygen atoms in total. The Bertz CT molecular complexity index is 960. The van der Waals surface area contributed by atoms with Gasteiger partial charge in [-0.15, -0.1) is 0 Å². The summed E-state index contributed by atoms with van der Waals surface area (Å²) in [6.45, 7) is 1.82. The van der Waals surface area contributed by atoms with Crippen LogP contribution in [0.1, 0.15) is 35.6 Å². The van der Waals surface area contributed by atoms with Crippen LogP contribution < -0.4 is 0 Å². The van der Waals surface area contributed by atoms with Crippen molar-refractivity contribution in [3.8, 4) is 11.5 Å². The largest absolute Gasteiger partial charge is 0.385 e. The maximum Gasteiger partial charge on any atom is 0.272 e. The maximum atomic E-state index is 12.8. The number of carbonyl (C=O) groups excluding carboxylic acids is 1. The lowest BCUT2D eigenvalue weighted by Gasteiger charge is -2.39. The molecule has 3 aromatic heterocycles. The fourth-order valence-electron chi connectivity index (χ4n) is 3.79. The Balaban J connectivity index is 1.54. The molecular weight excluding hydrogens is 372 g/mol. The third kappa shape index (κ3) is 3.77.